The Balaban J connectivity index is 1.52. The van der Waals surface area contributed by atoms with Gasteiger partial charge < -0.3 is 10.2 Å². The lowest BCUT2D eigenvalue weighted by atomic mass is 9.46. The molecule has 2 N–H and O–H groups in total. The zero-order valence-electron chi connectivity index (χ0n) is 16.4. The molecule has 0 radical (unpaired) electrons. The van der Waals surface area contributed by atoms with E-state index in [1.54, 1.807) is 0 Å². The SMILES string of the molecule is C[C@]12CCC(O)CC1=CC(O)[C@@H]1[C@@H]2CC[C@]2(C)C(c3cccnc3)=CC[C@@H]12. The molecule has 1 aromatic heterocycles. The first-order chi connectivity index (χ1) is 12.9. The third-order valence-corrected chi connectivity index (χ3v) is 8.66. The van der Waals surface area contributed by atoms with Crippen LogP contribution < -0.4 is 0 Å². The van der Waals surface area contributed by atoms with Gasteiger partial charge >= 0.3 is 0 Å². The van der Waals surface area contributed by atoms with Gasteiger partial charge in [-0.25, -0.2) is 0 Å². The summed E-state index contributed by atoms with van der Waals surface area (Å²) in [6, 6.07) is 4.20. The molecular weight excluding hydrogens is 334 g/mol. The Morgan fingerprint density at radius 1 is 1.07 bits per heavy atom. The van der Waals surface area contributed by atoms with E-state index in [4.69, 9.17) is 0 Å². The monoisotopic (exact) mass is 365 g/mol. The van der Waals surface area contributed by atoms with Crippen molar-refractivity contribution in [3.63, 3.8) is 0 Å². The molecule has 7 atom stereocenters. The molecule has 1 aromatic rings. The highest BCUT2D eigenvalue weighted by atomic mass is 16.3. The molecule has 2 saturated carbocycles. The van der Waals surface area contributed by atoms with Crippen LogP contribution in [-0.4, -0.2) is 27.4 Å². The van der Waals surface area contributed by atoms with Crippen LogP contribution in [0, 0.1) is 28.6 Å². The summed E-state index contributed by atoms with van der Waals surface area (Å²) in [5, 5.41) is 21.3. The summed E-state index contributed by atoms with van der Waals surface area (Å²) < 4.78 is 0. The molecule has 4 aliphatic carbocycles. The van der Waals surface area contributed by atoms with Gasteiger partial charge in [-0.3, -0.25) is 4.98 Å². The number of aliphatic hydroxyl groups excluding tert-OH is 2. The summed E-state index contributed by atoms with van der Waals surface area (Å²) in [6.07, 6.45) is 13.9. The molecule has 0 saturated heterocycles. The number of fused-ring (bicyclic) bond motifs is 5. The second-order valence-electron chi connectivity index (χ2n) is 9.84. The number of nitrogens with zero attached hydrogens (tertiary/aromatic N) is 1. The van der Waals surface area contributed by atoms with Crippen LogP contribution in [0.15, 0.2) is 42.3 Å². The van der Waals surface area contributed by atoms with Gasteiger partial charge in [-0.2, -0.15) is 0 Å². The Morgan fingerprint density at radius 2 is 1.89 bits per heavy atom. The van der Waals surface area contributed by atoms with Gasteiger partial charge in [0.1, 0.15) is 0 Å². The number of hydrogen-bond acceptors (Lipinski definition) is 3. The summed E-state index contributed by atoms with van der Waals surface area (Å²) in [4.78, 5) is 4.34. The maximum absolute atomic E-state index is 11.2. The van der Waals surface area contributed by atoms with Gasteiger partial charge in [-0.05, 0) is 84.3 Å². The van der Waals surface area contributed by atoms with Gasteiger partial charge in [0.2, 0.25) is 0 Å². The zero-order chi connectivity index (χ0) is 18.8. The minimum absolute atomic E-state index is 0.126. The molecule has 0 amide bonds. The highest BCUT2D eigenvalue weighted by molar-refractivity contribution is 5.72. The Kier molecular flexibility index (Phi) is 3.93. The van der Waals surface area contributed by atoms with E-state index in [0.717, 1.165) is 32.1 Å². The molecule has 5 rings (SSSR count). The largest absolute Gasteiger partial charge is 0.393 e. The summed E-state index contributed by atoms with van der Waals surface area (Å²) in [5.74, 6) is 1.33. The first kappa shape index (κ1) is 17.6. The van der Waals surface area contributed by atoms with Crippen molar-refractivity contribution < 1.29 is 10.2 Å². The molecular formula is C24H31NO2. The molecule has 1 heterocycles. The van der Waals surface area contributed by atoms with E-state index in [0.29, 0.717) is 17.8 Å². The maximum atomic E-state index is 11.2. The molecule has 27 heavy (non-hydrogen) atoms. The van der Waals surface area contributed by atoms with Gasteiger partial charge in [0.15, 0.2) is 0 Å². The standard InChI is InChI=1S/C24H31NO2/c1-23-9-7-17(26)12-16(23)13-21(27)22-19-6-5-18(15-4-3-11-25-14-15)24(19,2)10-8-20(22)23/h3-5,11,13-14,17,19-22,26-27H,6-10,12H2,1-2H3/t17?,19-,20-,21?,22-,23-,24+/m0/s1. The Hall–Kier alpha value is -1.45. The number of aromatic nitrogens is 1. The quantitative estimate of drug-likeness (QED) is 0.727. The van der Waals surface area contributed by atoms with E-state index >= 15 is 0 Å². The van der Waals surface area contributed by atoms with Crippen LogP contribution in [0.25, 0.3) is 5.57 Å². The summed E-state index contributed by atoms with van der Waals surface area (Å²) in [5.41, 5.74) is 4.28. The van der Waals surface area contributed by atoms with E-state index in [1.165, 1.54) is 23.1 Å². The van der Waals surface area contributed by atoms with Gasteiger partial charge in [-0.15, -0.1) is 0 Å². The van der Waals surface area contributed by atoms with Crippen molar-refractivity contribution in [3.05, 3.63) is 47.8 Å². The molecule has 3 nitrogen and oxygen atoms in total. The van der Waals surface area contributed by atoms with Gasteiger partial charge in [0, 0.05) is 12.4 Å². The summed E-state index contributed by atoms with van der Waals surface area (Å²) >= 11 is 0. The van der Waals surface area contributed by atoms with Crippen molar-refractivity contribution in [2.24, 2.45) is 28.6 Å². The minimum atomic E-state index is -0.380. The second-order valence-corrected chi connectivity index (χ2v) is 9.84. The molecule has 144 valence electrons. The predicted octanol–water partition coefficient (Wildman–Crippen LogP) is 4.37. The van der Waals surface area contributed by atoms with Crippen molar-refractivity contribution in [1.29, 1.82) is 0 Å². The van der Waals surface area contributed by atoms with Crippen molar-refractivity contribution in [1.82, 2.24) is 4.98 Å². The Morgan fingerprint density at radius 3 is 2.67 bits per heavy atom. The number of rotatable bonds is 1. The number of hydrogen-bond donors (Lipinski definition) is 2. The topological polar surface area (TPSA) is 53.4 Å². The van der Waals surface area contributed by atoms with Gasteiger partial charge in [0.25, 0.3) is 0 Å². The average Bonchev–Trinajstić information content (AvgIpc) is 3.01. The molecule has 0 spiro atoms. The highest BCUT2D eigenvalue weighted by Crippen LogP contribution is 2.66. The molecule has 2 unspecified atom stereocenters. The van der Waals surface area contributed by atoms with Crippen LogP contribution in [0.2, 0.25) is 0 Å². The zero-order valence-corrected chi connectivity index (χ0v) is 16.4. The molecule has 0 bridgehead atoms. The molecule has 0 aliphatic heterocycles. The van der Waals surface area contributed by atoms with Crippen LogP contribution in [0.5, 0.6) is 0 Å². The highest BCUT2D eigenvalue weighted by Gasteiger charge is 2.59. The van der Waals surface area contributed by atoms with E-state index in [9.17, 15) is 10.2 Å². The van der Waals surface area contributed by atoms with Crippen molar-refractivity contribution in [2.75, 3.05) is 0 Å². The normalized spacial score (nSPS) is 46.0. The van der Waals surface area contributed by atoms with Crippen LogP contribution in [0.4, 0.5) is 0 Å². The lowest BCUT2D eigenvalue weighted by Crippen LogP contribution is -2.54. The average molecular weight is 366 g/mol. The van der Waals surface area contributed by atoms with E-state index < -0.39 is 0 Å². The lowest BCUT2D eigenvalue weighted by molar-refractivity contribution is -0.0731. The van der Waals surface area contributed by atoms with Crippen molar-refractivity contribution >= 4 is 5.57 Å². The fraction of sp³-hybridized carbons (Fsp3) is 0.625. The molecule has 3 heteroatoms. The Labute approximate surface area is 162 Å². The van der Waals surface area contributed by atoms with E-state index in [1.807, 2.05) is 18.5 Å². The number of pyridine rings is 1. The molecule has 2 fully saturated rings. The number of aliphatic hydroxyl groups is 2. The van der Waals surface area contributed by atoms with E-state index in [-0.39, 0.29) is 23.0 Å². The van der Waals surface area contributed by atoms with Crippen molar-refractivity contribution in [3.8, 4) is 0 Å². The van der Waals surface area contributed by atoms with Crippen LogP contribution >= 0.6 is 0 Å². The van der Waals surface area contributed by atoms with Crippen LogP contribution in [0.3, 0.4) is 0 Å². The summed E-state index contributed by atoms with van der Waals surface area (Å²) in [6.45, 7) is 4.82. The smallest absolute Gasteiger partial charge is 0.0757 e. The first-order valence-electron chi connectivity index (χ1n) is 10.6. The molecule has 0 aromatic carbocycles. The maximum Gasteiger partial charge on any atom is 0.0757 e. The lowest BCUT2D eigenvalue weighted by Gasteiger charge is -2.58. The summed E-state index contributed by atoms with van der Waals surface area (Å²) in [7, 11) is 0. The fourth-order valence-electron chi connectivity index (χ4n) is 7.17. The van der Waals surface area contributed by atoms with Gasteiger partial charge in [0.05, 0.1) is 12.2 Å². The first-order valence-corrected chi connectivity index (χ1v) is 10.6. The third-order valence-electron chi connectivity index (χ3n) is 8.66. The number of allylic oxidation sites excluding steroid dienone is 2. The Bertz CT molecular complexity index is 800. The molecule has 4 aliphatic rings. The van der Waals surface area contributed by atoms with Crippen molar-refractivity contribution in [2.45, 2.75) is 64.6 Å². The van der Waals surface area contributed by atoms with Crippen LogP contribution in [0.1, 0.15) is 57.9 Å². The predicted molar refractivity (Wildman–Crippen MR) is 107 cm³/mol. The second kappa shape index (κ2) is 6.02. The van der Waals surface area contributed by atoms with Gasteiger partial charge in [-0.1, -0.05) is 37.6 Å². The third kappa shape index (κ3) is 2.44. The van der Waals surface area contributed by atoms with E-state index in [2.05, 4.69) is 37.0 Å². The van der Waals surface area contributed by atoms with Crippen LogP contribution in [-0.2, 0) is 0 Å². The fourth-order valence-corrected chi connectivity index (χ4v) is 7.17. The minimum Gasteiger partial charge on any atom is -0.393 e.